The van der Waals surface area contributed by atoms with E-state index in [-0.39, 0.29) is 22.6 Å². The Labute approximate surface area is 255 Å². The molecule has 0 aliphatic carbocycles. The fourth-order valence-electron chi connectivity index (χ4n) is 4.34. The first-order valence-electron chi connectivity index (χ1n) is 12.4. The number of nitrogens with zero attached hydrogens (tertiary/aromatic N) is 2. The van der Waals surface area contributed by atoms with Crippen molar-refractivity contribution >= 4 is 56.5 Å². The maximum absolute atomic E-state index is 13.4. The maximum atomic E-state index is 13.4. The molecule has 1 heterocycles. The van der Waals surface area contributed by atoms with Crippen molar-refractivity contribution in [3.8, 4) is 22.9 Å². The molecule has 0 fully saturated rings. The van der Waals surface area contributed by atoms with Crippen LogP contribution in [0, 0.1) is 11.3 Å². The fourth-order valence-corrected chi connectivity index (χ4v) is 4.94. The number of para-hydroxylation sites is 1. The summed E-state index contributed by atoms with van der Waals surface area (Å²) >= 11 is 9.77. The first-order chi connectivity index (χ1) is 20.6. The number of rotatable bonds is 6. The van der Waals surface area contributed by atoms with Gasteiger partial charge in [-0.1, -0.05) is 63.9 Å². The number of aromatic nitrogens is 1. The Kier molecular flexibility index (Phi) is 8.34. The number of aromatic amines is 1. The SMILES string of the molecule is N#Cc1cccc2c(-c3ccccc3Cl)c(C(=O)NN=Cc3cc(Br)ccc3OC(=O)c3cccc(C(F)(F)F)c3)[nH]c12. The number of hydrogen-bond acceptors (Lipinski definition) is 5. The van der Waals surface area contributed by atoms with E-state index in [1.807, 2.05) is 0 Å². The van der Waals surface area contributed by atoms with Crippen molar-refractivity contribution in [1.82, 2.24) is 10.4 Å². The number of esters is 1. The molecule has 0 spiro atoms. The van der Waals surface area contributed by atoms with Crippen LogP contribution in [0.4, 0.5) is 13.2 Å². The van der Waals surface area contributed by atoms with Crippen LogP contribution >= 0.6 is 27.5 Å². The Balaban J connectivity index is 1.44. The molecule has 7 nitrogen and oxygen atoms in total. The van der Waals surface area contributed by atoms with Gasteiger partial charge in [-0.05, 0) is 48.5 Å². The third-order valence-electron chi connectivity index (χ3n) is 6.29. The van der Waals surface area contributed by atoms with Gasteiger partial charge in [-0.25, -0.2) is 10.2 Å². The first kappa shape index (κ1) is 29.6. The molecule has 5 aromatic rings. The Bertz CT molecular complexity index is 1960. The number of nitriles is 1. The molecule has 1 aromatic heterocycles. The van der Waals surface area contributed by atoms with Crippen molar-refractivity contribution in [3.63, 3.8) is 0 Å². The molecule has 4 aromatic carbocycles. The molecule has 12 heteroatoms. The fraction of sp³-hybridized carbons (Fsp3) is 0.0323. The van der Waals surface area contributed by atoms with Crippen molar-refractivity contribution in [3.05, 3.63) is 122 Å². The van der Waals surface area contributed by atoms with Crippen molar-refractivity contribution in [2.75, 3.05) is 0 Å². The van der Waals surface area contributed by atoms with Crippen LogP contribution in [0.3, 0.4) is 0 Å². The molecule has 0 atom stereocenters. The highest BCUT2D eigenvalue weighted by atomic mass is 79.9. The van der Waals surface area contributed by atoms with Gasteiger partial charge in [0.2, 0.25) is 0 Å². The summed E-state index contributed by atoms with van der Waals surface area (Å²) in [5, 5.41) is 14.6. The third-order valence-corrected chi connectivity index (χ3v) is 7.12. The van der Waals surface area contributed by atoms with Crippen LogP contribution in [0.25, 0.3) is 22.0 Å². The Morgan fingerprint density at radius 1 is 1.02 bits per heavy atom. The predicted molar refractivity (Wildman–Crippen MR) is 159 cm³/mol. The minimum Gasteiger partial charge on any atom is -0.422 e. The van der Waals surface area contributed by atoms with Gasteiger partial charge in [-0.2, -0.15) is 23.5 Å². The second kappa shape index (κ2) is 12.1. The van der Waals surface area contributed by atoms with Gasteiger partial charge < -0.3 is 9.72 Å². The number of benzene rings is 4. The van der Waals surface area contributed by atoms with Crippen LogP contribution in [-0.4, -0.2) is 23.1 Å². The summed E-state index contributed by atoms with van der Waals surface area (Å²) in [4.78, 5) is 29.1. The third kappa shape index (κ3) is 6.30. The number of ether oxygens (including phenoxy) is 1. The largest absolute Gasteiger partial charge is 0.422 e. The van der Waals surface area contributed by atoms with Gasteiger partial charge in [0.15, 0.2) is 0 Å². The van der Waals surface area contributed by atoms with Crippen LogP contribution < -0.4 is 10.2 Å². The zero-order valence-electron chi connectivity index (χ0n) is 21.7. The molecule has 0 unspecified atom stereocenters. The topological polar surface area (TPSA) is 107 Å². The number of halogens is 5. The monoisotopic (exact) mass is 664 g/mol. The van der Waals surface area contributed by atoms with Gasteiger partial charge in [0, 0.05) is 31.6 Å². The second-order valence-electron chi connectivity index (χ2n) is 9.04. The van der Waals surface area contributed by atoms with Crippen LogP contribution in [0.5, 0.6) is 5.75 Å². The minimum absolute atomic E-state index is 0.00959. The Morgan fingerprint density at radius 3 is 2.53 bits per heavy atom. The van der Waals surface area contributed by atoms with E-state index in [4.69, 9.17) is 16.3 Å². The van der Waals surface area contributed by atoms with E-state index in [2.05, 4.69) is 37.5 Å². The predicted octanol–water partition coefficient (Wildman–Crippen LogP) is 8.12. The van der Waals surface area contributed by atoms with E-state index < -0.39 is 23.6 Å². The number of alkyl halides is 3. The minimum atomic E-state index is -4.63. The molecule has 0 bridgehead atoms. The first-order valence-corrected chi connectivity index (χ1v) is 13.6. The van der Waals surface area contributed by atoms with E-state index in [9.17, 15) is 28.0 Å². The zero-order chi connectivity index (χ0) is 30.7. The van der Waals surface area contributed by atoms with Crippen LogP contribution in [0.1, 0.15) is 37.5 Å². The molecule has 2 N–H and O–H groups in total. The Hall–Kier alpha value is -4.92. The summed E-state index contributed by atoms with van der Waals surface area (Å²) in [5.74, 6) is -1.67. The Morgan fingerprint density at radius 2 is 1.79 bits per heavy atom. The van der Waals surface area contributed by atoms with E-state index >= 15 is 0 Å². The number of nitrogens with one attached hydrogen (secondary N) is 2. The van der Waals surface area contributed by atoms with Gasteiger partial charge in [0.05, 0.1) is 28.4 Å². The lowest BCUT2D eigenvalue weighted by Crippen LogP contribution is -2.19. The molecule has 0 saturated carbocycles. The molecule has 0 radical (unpaired) electrons. The maximum Gasteiger partial charge on any atom is 0.416 e. The van der Waals surface area contributed by atoms with Gasteiger partial charge >= 0.3 is 12.1 Å². The highest BCUT2D eigenvalue weighted by molar-refractivity contribution is 9.10. The lowest BCUT2D eigenvalue weighted by atomic mass is 10.0. The summed E-state index contributed by atoms with van der Waals surface area (Å²) in [6, 6.07) is 22.5. The van der Waals surface area contributed by atoms with Crippen LogP contribution in [0.2, 0.25) is 5.02 Å². The normalized spacial score (nSPS) is 11.4. The zero-order valence-corrected chi connectivity index (χ0v) is 24.0. The van der Waals surface area contributed by atoms with Crippen molar-refractivity contribution in [1.29, 1.82) is 5.26 Å². The molecule has 0 aliphatic rings. The molecule has 43 heavy (non-hydrogen) atoms. The summed E-state index contributed by atoms with van der Waals surface area (Å²) in [5.41, 5.74) is 3.30. The smallest absolute Gasteiger partial charge is 0.416 e. The number of H-pyrrole nitrogens is 1. The van der Waals surface area contributed by atoms with E-state index in [0.29, 0.717) is 43.2 Å². The van der Waals surface area contributed by atoms with Gasteiger partial charge in [0.1, 0.15) is 17.5 Å². The average Bonchev–Trinajstić information content (AvgIpc) is 3.38. The van der Waals surface area contributed by atoms with Crippen molar-refractivity contribution in [2.45, 2.75) is 6.18 Å². The lowest BCUT2D eigenvalue weighted by Gasteiger charge is -2.10. The number of carbonyl (C=O) groups excluding carboxylic acids is 2. The van der Waals surface area contributed by atoms with Crippen LogP contribution in [-0.2, 0) is 6.18 Å². The molecule has 0 saturated heterocycles. The second-order valence-corrected chi connectivity index (χ2v) is 10.4. The van der Waals surface area contributed by atoms with Gasteiger partial charge in [-0.15, -0.1) is 0 Å². The van der Waals surface area contributed by atoms with Gasteiger partial charge in [0.25, 0.3) is 5.91 Å². The van der Waals surface area contributed by atoms with E-state index in [1.54, 1.807) is 54.6 Å². The molecule has 0 aliphatic heterocycles. The lowest BCUT2D eigenvalue weighted by molar-refractivity contribution is -0.137. The number of carbonyl (C=O) groups is 2. The number of fused-ring (bicyclic) bond motifs is 1. The molecular weight excluding hydrogens is 649 g/mol. The molecule has 1 amide bonds. The van der Waals surface area contributed by atoms with E-state index in [0.717, 1.165) is 12.1 Å². The quantitative estimate of drug-likeness (QED) is 0.0827. The standard InChI is InChI=1S/C31H17BrClF3N4O3/c32-21-11-12-25(43-30(42)17-5-3-7-20(13-17)31(34,35)36)19(14-21)16-38-40-29(41)28-26(22-8-1-2-10-24(22)33)23-9-4-6-18(15-37)27(23)39-28/h1-14,16,39H,(H,40,41). The number of amides is 1. The van der Waals surface area contributed by atoms with Crippen LogP contribution in [0.15, 0.2) is 94.5 Å². The summed E-state index contributed by atoms with van der Waals surface area (Å²) < 4.78 is 45.3. The number of hydrazone groups is 1. The summed E-state index contributed by atoms with van der Waals surface area (Å²) in [6.07, 6.45) is -3.41. The van der Waals surface area contributed by atoms with Crippen molar-refractivity contribution < 1.29 is 27.5 Å². The van der Waals surface area contributed by atoms with E-state index in [1.165, 1.54) is 18.3 Å². The number of hydrogen-bond donors (Lipinski definition) is 2. The highest BCUT2D eigenvalue weighted by Gasteiger charge is 2.31. The van der Waals surface area contributed by atoms with Gasteiger partial charge in [-0.3, -0.25) is 4.79 Å². The molecule has 214 valence electrons. The molecule has 5 rings (SSSR count). The highest BCUT2D eigenvalue weighted by Crippen LogP contribution is 2.37. The average molecular weight is 666 g/mol. The molecular formula is C31H17BrClF3N4O3. The summed E-state index contributed by atoms with van der Waals surface area (Å²) in [6.45, 7) is 0. The summed E-state index contributed by atoms with van der Waals surface area (Å²) in [7, 11) is 0. The van der Waals surface area contributed by atoms with Crippen molar-refractivity contribution in [2.24, 2.45) is 5.10 Å².